The van der Waals surface area contributed by atoms with Crippen LogP contribution in [0.1, 0.15) is 26.5 Å². The number of nitrogens with one attached hydrogen (secondary N) is 2. The molecule has 2 N–H and O–H groups in total. The molecule has 2 aromatic carbocycles. The van der Waals surface area contributed by atoms with Crippen LogP contribution in [0.5, 0.6) is 0 Å². The molecular weight excluding hydrogens is 323 g/mol. The highest BCUT2D eigenvalue weighted by atomic mass is 19.1. The van der Waals surface area contributed by atoms with E-state index in [1.54, 1.807) is 48.5 Å². The first kappa shape index (κ1) is 16.4. The van der Waals surface area contributed by atoms with Crippen molar-refractivity contribution in [3.8, 4) is 0 Å². The van der Waals surface area contributed by atoms with E-state index in [1.165, 1.54) is 18.4 Å². The first-order chi connectivity index (χ1) is 12.1. The number of carbonyl (C=O) groups excluding carboxylic acids is 2. The predicted octanol–water partition coefficient (Wildman–Crippen LogP) is 3.60. The fourth-order valence-corrected chi connectivity index (χ4v) is 2.19. The second-order valence-electron chi connectivity index (χ2n) is 5.32. The maximum atomic E-state index is 12.8. The minimum Gasteiger partial charge on any atom is -0.459 e. The van der Waals surface area contributed by atoms with Crippen LogP contribution in [0.15, 0.2) is 71.3 Å². The largest absolute Gasteiger partial charge is 0.459 e. The third-order valence-corrected chi connectivity index (χ3v) is 3.52. The van der Waals surface area contributed by atoms with E-state index >= 15 is 0 Å². The van der Waals surface area contributed by atoms with E-state index in [4.69, 9.17) is 4.42 Å². The van der Waals surface area contributed by atoms with E-state index in [9.17, 15) is 14.0 Å². The number of hydrogen-bond donors (Lipinski definition) is 2. The van der Waals surface area contributed by atoms with Crippen LogP contribution < -0.4 is 10.6 Å². The summed E-state index contributed by atoms with van der Waals surface area (Å²) >= 11 is 0. The number of anilines is 1. The van der Waals surface area contributed by atoms with E-state index in [1.807, 2.05) is 0 Å². The van der Waals surface area contributed by atoms with Gasteiger partial charge in [-0.25, -0.2) is 4.39 Å². The van der Waals surface area contributed by atoms with Gasteiger partial charge >= 0.3 is 0 Å². The molecule has 0 saturated carbocycles. The molecule has 5 nitrogen and oxygen atoms in total. The van der Waals surface area contributed by atoms with Crippen LogP contribution in [0.2, 0.25) is 0 Å². The molecule has 6 heteroatoms. The Morgan fingerprint density at radius 3 is 2.28 bits per heavy atom. The third kappa shape index (κ3) is 4.32. The first-order valence-electron chi connectivity index (χ1n) is 7.59. The van der Waals surface area contributed by atoms with E-state index in [2.05, 4.69) is 10.6 Å². The predicted molar refractivity (Wildman–Crippen MR) is 90.7 cm³/mol. The van der Waals surface area contributed by atoms with Crippen molar-refractivity contribution in [2.45, 2.75) is 6.54 Å². The van der Waals surface area contributed by atoms with Crippen molar-refractivity contribution < 1.29 is 18.4 Å². The van der Waals surface area contributed by atoms with Crippen LogP contribution >= 0.6 is 0 Å². The Morgan fingerprint density at radius 1 is 0.920 bits per heavy atom. The second-order valence-corrected chi connectivity index (χ2v) is 5.32. The highest BCUT2D eigenvalue weighted by Crippen LogP contribution is 2.12. The number of carbonyl (C=O) groups is 2. The van der Waals surface area contributed by atoms with Gasteiger partial charge in [-0.1, -0.05) is 12.1 Å². The van der Waals surface area contributed by atoms with Crippen LogP contribution in [0.25, 0.3) is 0 Å². The highest BCUT2D eigenvalue weighted by molar-refractivity contribution is 6.02. The Labute approximate surface area is 143 Å². The number of hydrogen-bond acceptors (Lipinski definition) is 3. The molecule has 0 radical (unpaired) electrons. The molecule has 0 aliphatic heterocycles. The smallest absolute Gasteiger partial charge is 0.291 e. The van der Waals surface area contributed by atoms with Gasteiger partial charge in [0.15, 0.2) is 5.76 Å². The summed E-state index contributed by atoms with van der Waals surface area (Å²) in [5.74, 6) is -0.727. The third-order valence-electron chi connectivity index (χ3n) is 3.52. The molecule has 2 amide bonds. The molecule has 0 spiro atoms. The number of rotatable bonds is 5. The molecule has 3 rings (SSSR count). The van der Waals surface area contributed by atoms with Crippen LogP contribution in [0.3, 0.4) is 0 Å². The maximum Gasteiger partial charge on any atom is 0.291 e. The first-order valence-corrected chi connectivity index (χ1v) is 7.59. The molecule has 3 aromatic rings. The molecular formula is C19H15FN2O3. The molecule has 0 aliphatic carbocycles. The van der Waals surface area contributed by atoms with Crippen molar-refractivity contribution in [3.05, 3.63) is 89.6 Å². The molecule has 0 fully saturated rings. The monoisotopic (exact) mass is 338 g/mol. The quantitative estimate of drug-likeness (QED) is 0.747. The Balaban J connectivity index is 1.56. The van der Waals surface area contributed by atoms with Gasteiger partial charge in [0, 0.05) is 17.8 Å². The lowest BCUT2D eigenvalue weighted by Crippen LogP contribution is -2.22. The SMILES string of the molecule is O=C(NCc1ccc(F)cc1)c1ccc(NC(=O)c2ccco2)cc1. The zero-order chi connectivity index (χ0) is 17.6. The minimum absolute atomic E-state index is 0.209. The van der Waals surface area contributed by atoms with Crippen molar-refractivity contribution in [3.63, 3.8) is 0 Å². The average Bonchev–Trinajstić information content (AvgIpc) is 3.16. The average molecular weight is 338 g/mol. The molecule has 0 unspecified atom stereocenters. The topological polar surface area (TPSA) is 71.3 Å². The van der Waals surface area contributed by atoms with Crippen molar-refractivity contribution in [2.75, 3.05) is 5.32 Å². The van der Waals surface area contributed by atoms with Gasteiger partial charge in [0.1, 0.15) is 5.82 Å². The Bertz CT molecular complexity index is 857. The number of amides is 2. The zero-order valence-corrected chi connectivity index (χ0v) is 13.2. The summed E-state index contributed by atoms with van der Waals surface area (Å²) in [7, 11) is 0. The maximum absolute atomic E-state index is 12.8. The standard InChI is InChI=1S/C19H15FN2O3/c20-15-7-3-13(4-8-15)12-21-18(23)14-5-9-16(10-6-14)22-19(24)17-2-1-11-25-17/h1-11H,12H2,(H,21,23)(H,22,24). The molecule has 0 saturated heterocycles. The van der Waals surface area contributed by atoms with Gasteiger partial charge in [0.25, 0.3) is 11.8 Å². The summed E-state index contributed by atoms with van der Waals surface area (Å²) in [4.78, 5) is 24.0. The van der Waals surface area contributed by atoms with Gasteiger partial charge in [0.2, 0.25) is 0 Å². The van der Waals surface area contributed by atoms with E-state index in [0.29, 0.717) is 17.8 Å². The Hall–Kier alpha value is -3.41. The molecule has 0 aliphatic rings. The lowest BCUT2D eigenvalue weighted by atomic mass is 10.1. The highest BCUT2D eigenvalue weighted by Gasteiger charge is 2.10. The van der Waals surface area contributed by atoms with Gasteiger partial charge in [0.05, 0.1) is 6.26 Å². The van der Waals surface area contributed by atoms with Gasteiger partial charge in [-0.05, 0) is 54.1 Å². The molecule has 1 aromatic heterocycles. The van der Waals surface area contributed by atoms with Crippen LogP contribution in [0.4, 0.5) is 10.1 Å². The van der Waals surface area contributed by atoms with Crippen molar-refractivity contribution >= 4 is 17.5 Å². The minimum atomic E-state index is -0.362. The summed E-state index contributed by atoms with van der Waals surface area (Å²) in [6, 6.07) is 15.6. The van der Waals surface area contributed by atoms with Crippen LogP contribution in [0, 0.1) is 5.82 Å². The van der Waals surface area contributed by atoms with Gasteiger partial charge in [-0.3, -0.25) is 9.59 Å². The van der Waals surface area contributed by atoms with Gasteiger partial charge in [-0.2, -0.15) is 0 Å². The van der Waals surface area contributed by atoms with Gasteiger partial charge < -0.3 is 15.1 Å². The van der Waals surface area contributed by atoms with Crippen molar-refractivity contribution in [2.24, 2.45) is 0 Å². The molecule has 1 heterocycles. The molecule has 126 valence electrons. The summed E-state index contributed by atoms with van der Waals surface area (Å²) in [5, 5.41) is 5.43. The summed E-state index contributed by atoms with van der Waals surface area (Å²) < 4.78 is 17.9. The van der Waals surface area contributed by atoms with Gasteiger partial charge in [-0.15, -0.1) is 0 Å². The Morgan fingerprint density at radius 2 is 1.64 bits per heavy atom. The number of halogens is 1. The fourth-order valence-electron chi connectivity index (χ4n) is 2.19. The fraction of sp³-hybridized carbons (Fsp3) is 0.0526. The van der Waals surface area contributed by atoms with E-state index < -0.39 is 0 Å². The van der Waals surface area contributed by atoms with Crippen molar-refractivity contribution in [1.29, 1.82) is 0 Å². The normalized spacial score (nSPS) is 10.3. The molecule has 25 heavy (non-hydrogen) atoms. The lowest BCUT2D eigenvalue weighted by Gasteiger charge is -2.07. The Kier molecular flexibility index (Phi) is 4.89. The van der Waals surface area contributed by atoms with E-state index in [-0.39, 0.29) is 23.4 Å². The number of benzene rings is 2. The van der Waals surface area contributed by atoms with E-state index in [0.717, 1.165) is 5.56 Å². The molecule has 0 atom stereocenters. The molecule has 0 bridgehead atoms. The lowest BCUT2D eigenvalue weighted by molar-refractivity contribution is 0.0950. The van der Waals surface area contributed by atoms with Crippen molar-refractivity contribution in [1.82, 2.24) is 5.32 Å². The number of furan rings is 1. The second kappa shape index (κ2) is 7.44. The summed E-state index contributed by atoms with van der Waals surface area (Å²) in [6.45, 7) is 0.302. The van der Waals surface area contributed by atoms with Crippen LogP contribution in [-0.4, -0.2) is 11.8 Å². The van der Waals surface area contributed by atoms with Crippen LogP contribution in [-0.2, 0) is 6.54 Å². The summed E-state index contributed by atoms with van der Waals surface area (Å²) in [6.07, 6.45) is 1.42. The summed E-state index contributed by atoms with van der Waals surface area (Å²) in [5.41, 5.74) is 1.81. The zero-order valence-electron chi connectivity index (χ0n) is 13.2.